The van der Waals surface area contributed by atoms with Gasteiger partial charge in [0.05, 0.1) is 0 Å². The molecule has 0 saturated carbocycles. The lowest BCUT2D eigenvalue weighted by Crippen LogP contribution is -1.77. The van der Waals surface area contributed by atoms with Gasteiger partial charge in [-0.25, -0.2) is 0 Å². The van der Waals surface area contributed by atoms with Gasteiger partial charge < -0.3 is 0 Å². The second-order valence-electron chi connectivity index (χ2n) is 5.14. The lowest BCUT2D eigenvalue weighted by atomic mass is 10.1. The maximum absolute atomic E-state index is 2.18. The smallest absolute Gasteiger partial charge is 0.0155 e. The van der Waals surface area contributed by atoms with Crippen LogP contribution in [0, 0.1) is 13.8 Å². The Balaban J connectivity index is 0.000000151. The normalized spacial score (nSPS) is 9.95. The van der Waals surface area contributed by atoms with Gasteiger partial charge in [-0.1, -0.05) is 79.2 Å². The summed E-state index contributed by atoms with van der Waals surface area (Å²) in [6.45, 7) is 6.42. The van der Waals surface area contributed by atoms with Crippen LogP contribution in [0.15, 0.2) is 66.7 Å². The zero-order valence-electron chi connectivity index (χ0n) is 12.6. The SMILES string of the molecule is CCc1ccc(C)cc1.Cc1cccc2ccccc12. The molecule has 0 atom stereocenters. The summed E-state index contributed by atoms with van der Waals surface area (Å²) in [5.74, 6) is 0. The first-order valence-corrected chi connectivity index (χ1v) is 7.20. The Bertz CT molecular complexity index is 658. The van der Waals surface area contributed by atoms with Crippen LogP contribution in [0.5, 0.6) is 0 Å². The molecule has 3 aromatic rings. The van der Waals surface area contributed by atoms with Crippen LogP contribution in [0.1, 0.15) is 23.6 Å². The van der Waals surface area contributed by atoms with E-state index in [9.17, 15) is 0 Å². The summed E-state index contributed by atoms with van der Waals surface area (Å²) >= 11 is 0. The number of hydrogen-bond acceptors (Lipinski definition) is 0. The van der Waals surface area contributed by atoms with Gasteiger partial charge in [-0.3, -0.25) is 0 Å². The largest absolute Gasteiger partial charge is 0.0616 e. The maximum atomic E-state index is 2.18. The van der Waals surface area contributed by atoms with Gasteiger partial charge in [0.2, 0.25) is 0 Å². The van der Waals surface area contributed by atoms with Crippen molar-refractivity contribution in [2.75, 3.05) is 0 Å². The van der Waals surface area contributed by atoms with Crippen molar-refractivity contribution in [3.63, 3.8) is 0 Å². The van der Waals surface area contributed by atoms with Crippen LogP contribution < -0.4 is 0 Å². The third-order valence-corrected chi connectivity index (χ3v) is 3.54. The predicted octanol–water partition coefficient (Wildman–Crippen LogP) is 5.71. The van der Waals surface area contributed by atoms with Gasteiger partial charge in [0.1, 0.15) is 0 Å². The van der Waals surface area contributed by atoms with E-state index in [-0.39, 0.29) is 0 Å². The van der Waals surface area contributed by atoms with Crippen LogP contribution in [0.4, 0.5) is 0 Å². The van der Waals surface area contributed by atoms with Gasteiger partial charge in [0.25, 0.3) is 0 Å². The molecule has 0 bridgehead atoms. The van der Waals surface area contributed by atoms with E-state index in [0.717, 1.165) is 6.42 Å². The molecule has 102 valence electrons. The Hall–Kier alpha value is -2.08. The highest BCUT2D eigenvalue weighted by Gasteiger charge is 1.92. The first-order chi connectivity index (χ1) is 9.70. The van der Waals surface area contributed by atoms with Crippen molar-refractivity contribution in [1.29, 1.82) is 0 Å². The Kier molecular flexibility index (Phi) is 4.95. The molecule has 20 heavy (non-hydrogen) atoms. The molecule has 0 aromatic heterocycles. The quantitative estimate of drug-likeness (QED) is 0.527. The highest BCUT2D eigenvalue weighted by Crippen LogP contribution is 2.16. The fraction of sp³-hybridized carbons (Fsp3) is 0.200. The maximum Gasteiger partial charge on any atom is -0.0155 e. The number of aryl methyl sites for hydroxylation is 3. The van der Waals surface area contributed by atoms with Crippen molar-refractivity contribution in [3.8, 4) is 0 Å². The van der Waals surface area contributed by atoms with Crippen molar-refractivity contribution < 1.29 is 0 Å². The topological polar surface area (TPSA) is 0 Å². The molecule has 0 nitrogen and oxygen atoms in total. The molecule has 0 aliphatic heterocycles. The molecule has 0 saturated heterocycles. The first-order valence-electron chi connectivity index (χ1n) is 7.20. The second-order valence-corrected chi connectivity index (χ2v) is 5.14. The molecule has 0 heterocycles. The van der Waals surface area contributed by atoms with E-state index in [1.807, 2.05) is 0 Å². The molecule has 3 aromatic carbocycles. The predicted molar refractivity (Wildman–Crippen MR) is 89.2 cm³/mol. The molecule has 0 N–H and O–H groups in total. The van der Waals surface area contributed by atoms with Gasteiger partial charge in [-0.2, -0.15) is 0 Å². The number of fused-ring (bicyclic) bond motifs is 1. The molecular weight excluding hydrogens is 240 g/mol. The van der Waals surface area contributed by atoms with Gasteiger partial charge in [-0.15, -0.1) is 0 Å². The van der Waals surface area contributed by atoms with E-state index in [0.29, 0.717) is 0 Å². The monoisotopic (exact) mass is 262 g/mol. The third kappa shape index (κ3) is 3.71. The highest BCUT2D eigenvalue weighted by atomic mass is 14.0. The van der Waals surface area contributed by atoms with Gasteiger partial charge >= 0.3 is 0 Å². The standard InChI is InChI=1S/C11H10.C9H12/c1-9-5-4-7-10-6-2-3-8-11(9)10;1-3-9-6-4-8(2)5-7-9/h2-8H,1H3;4-7H,3H2,1-2H3. The third-order valence-electron chi connectivity index (χ3n) is 3.54. The average molecular weight is 262 g/mol. The minimum atomic E-state index is 1.14. The van der Waals surface area contributed by atoms with Crippen LogP contribution in [0.3, 0.4) is 0 Å². The zero-order chi connectivity index (χ0) is 14.4. The molecule has 0 unspecified atom stereocenters. The zero-order valence-corrected chi connectivity index (χ0v) is 12.6. The summed E-state index contributed by atoms with van der Waals surface area (Å²) in [5, 5.41) is 2.68. The van der Waals surface area contributed by atoms with Gasteiger partial charge in [-0.05, 0) is 42.2 Å². The lowest BCUT2D eigenvalue weighted by molar-refractivity contribution is 1.14. The Labute approximate surface area is 122 Å². The van der Waals surface area contributed by atoms with E-state index in [1.54, 1.807) is 0 Å². The van der Waals surface area contributed by atoms with Crippen molar-refractivity contribution in [2.45, 2.75) is 27.2 Å². The molecule has 0 radical (unpaired) electrons. The summed E-state index contributed by atoms with van der Waals surface area (Å²) < 4.78 is 0. The summed E-state index contributed by atoms with van der Waals surface area (Å²) in [4.78, 5) is 0. The van der Waals surface area contributed by atoms with Crippen LogP contribution >= 0.6 is 0 Å². The van der Waals surface area contributed by atoms with Gasteiger partial charge in [0, 0.05) is 0 Å². The average Bonchev–Trinajstić information content (AvgIpc) is 2.49. The fourth-order valence-corrected chi connectivity index (χ4v) is 2.21. The van der Waals surface area contributed by atoms with E-state index < -0.39 is 0 Å². The second kappa shape index (κ2) is 6.91. The molecule has 0 amide bonds. The minimum Gasteiger partial charge on any atom is -0.0616 e. The number of hydrogen-bond donors (Lipinski definition) is 0. The van der Waals surface area contributed by atoms with E-state index >= 15 is 0 Å². The molecule has 0 spiro atoms. The van der Waals surface area contributed by atoms with Crippen LogP contribution in [-0.2, 0) is 6.42 Å². The molecule has 0 aliphatic carbocycles. The Morgan fingerprint density at radius 1 is 0.700 bits per heavy atom. The van der Waals surface area contributed by atoms with E-state index in [1.165, 1.54) is 27.5 Å². The number of benzene rings is 3. The summed E-state index contributed by atoms with van der Waals surface area (Å²) in [6.07, 6.45) is 1.14. The molecule has 0 fully saturated rings. The molecular formula is C20H22. The van der Waals surface area contributed by atoms with E-state index in [2.05, 4.69) is 87.5 Å². The molecule has 0 heteroatoms. The summed E-state index contributed by atoms with van der Waals surface area (Å²) in [5.41, 5.74) is 4.11. The molecule has 3 rings (SSSR count). The summed E-state index contributed by atoms with van der Waals surface area (Å²) in [7, 11) is 0. The lowest BCUT2D eigenvalue weighted by Gasteiger charge is -1.98. The summed E-state index contributed by atoms with van der Waals surface area (Å²) in [6, 6.07) is 23.5. The molecule has 0 aliphatic rings. The van der Waals surface area contributed by atoms with Crippen LogP contribution in [-0.4, -0.2) is 0 Å². The Morgan fingerprint density at radius 3 is 2.00 bits per heavy atom. The van der Waals surface area contributed by atoms with Crippen LogP contribution in [0.25, 0.3) is 10.8 Å². The first kappa shape index (κ1) is 14.3. The van der Waals surface area contributed by atoms with Crippen LogP contribution in [0.2, 0.25) is 0 Å². The van der Waals surface area contributed by atoms with Gasteiger partial charge in [0.15, 0.2) is 0 Å². The Morgan fingerprint density at radius 2 is 1.35 bits per heavy atom. The van der Waals surface area contributed by atoms with Crippen molar-refractivity contribution in [2.24, 2.45) is 0 Å². The fourth-order valence-electron chi connectivity index (χ4n) is 2.21. The van der Waals surface area contributed by atoms with Crippen molar-refractivity contribution in [3.05, 3.63) is 83.4 Å². The number of rotatable bonds is 1. The van der Waals surface area contributed by atoms with Crippen molar-refractivity contribution >= 4 is 10.8 Å². The minimum absolute atomic E-state index is 1.14. The van der Waals surface area contributed by atoms with E-state index in [4.69, 9.17) is 0 Å². The highest BCUT2D eigenvalue weighted by molar-refractivity contribution is 5.85. The van der Waals surface area contributed by atoms with Crippen molar-refractivity contribution in [1.82, 2.24) is 0 Å².